The molecule has 0 radical (unpaired) electrons. The van der Waals surface area contributed by atoms with Crippen molar-refractivity contribution in [2.75, 3.05) is 0 Å². The molecule has 0 bridgehead atoms. The minimum Gasteiger partial charge on any atom is -0.393 e. The molecule has 4 rings (SSSR count). The Labute approximate surface area is 115 Å². The van der Waals surface area contributed by atoms with Gasteiger partial charge in [0.05, 0.1) is 12.2 Å². The first-order valence-corrected chi connectivity index (χ1v) is 8.27. The van der Waals surface area contributed by atoms with Gasteiger partial charge in [-0.2, -0.15) is 0 Å². The lowest BCUT2D eigenvalue weighted by Gasteiger charge is -2.54. The van der Waals surface area contributed by atoms with Crippen molar-refractivity contribution in [3.63, 3.8) is 0 Å². The van der Waals surface area contributed by atoms with E-state index in [0.29, 0.717) is 23.7 Å². The van der Waals surface area contributed by atoms with Gasteiger partial charge in [-0.25, -0.2) is 0 Å². The summed E-state index contributed by atoms with van der Waals surface area (Å²) in [6, 6.07) is 0. The van der Waals surface area contributed by atoms with Crippen molar-refractivity contribution in [3.05, 3.63) is 12.2 Å². The maximum Gasteiger partial charge on any atom is 0.0579 e. The number of aliphatic hydroxyl groups is 2. The molecule has 0 amide bonds. The van der Waals surface area contributed by atoms with Gasteiger partial charge in [0.25, 0.3) is 0 Å². The molecule has 19 heavy (non-hydrogen) atoms. The Kier molecular flexibility index (Phi) is 3.00. The van der Waals surface area contributed by atoms with Crippen LogP contribution in [0.4, 0.5) is 0 Å². The van der Waals surface area contributed by atoms with Gasteiger partial charge in [-0.15, -0.1) is 0 Å². The lowest BCUT2D eigenvalue weighted by atomic mass is 9.52. The van der Waals surface area contributed by atoms with E-state index in [1.807, 2.05) is 0 Å². The number of aliphatic hydroxyl groups excluding tert-OH is 2. The highest BCUT2D eigenvalue weighted by molar-refractivity contribution is 5.10. The zero-order chi connectivity index (χ0) is 13.0. The maximum atomic E-state index is 10.7. The molecular formula is C17H26O2. The Morgan fingerprint density at radius 2 is 1.68 bits per heavy atom. The van der Waals surface area contributed by atoms with Crippen molar-refractivity contribution in [1.29, 1.82) is 0 Å². The van der Waals surface area contributed by atoms with Gasteiger partial charge >= 0.3 is 0 Å². The summed E-state index contributed by atoms with van der Waals surface area (Å²) in [6.45, 7) is 0. The largest absolute Gasteiger partial charge is 0.393 e. The first kappa shape index (κ1) is 12.4. The molecule has 8 unspecified atom stereocenters. The van der Waals surface area contributed by atoms with E-state index < -0.39 is 0 Å². The summed E-state index contributed by atoms with van der Waals surface area (Å²) in [5.74, 6) is 4.14. The van der Waals surface area contributed by atoms with E-state index >= 15 is 0 Å². The molecule has 3 fully saturated rings. The Hall–Kier alpha value is -0.340. The Morgan fingerprint density at radius 3 is 2.58 bits per heavy atom. The highest BCUT2D eigenvalue weighted by atomic mass is 16.3. The van der Waals surface area contributed by atoms with Crippen LogP contribution in [0.25, 0.3) is 0 Å². The fraction of sp³-hybridized carbons (Fsp3) is 0.882. The minimum atomic E-state index is -0.0861. The van der Waals surface area contributed by atoms with Gasteiger partial charge in [-0.1, -0.05) is 12.2 Å². The fourth-order valence-electron chi connectivity index (χ4n) is 6.00. The maximum absolute atomic E-state index is 10.7. The Bertz CT molecular complexity index is 377. The van der Waals surface area contributed by atoms with Crippen molar-refractivity contribution < 1.29 is 10.2 Å². The number of rotatable bonds is 0. The second kappa shape index (κ2) is 4.60. The average Bonchev–Trinajstić information content (AvgIpc) is 2.86. The van der Waals surface area contributed by atoms with Crippen LogP contribution in [0, 0.1) is 35.5 Å². The normalized spacial score (nSPS) is 56.3. The first-order valence-electron chi connectivity index (χ1n) is 8.27. The molecule has 8 atom stereocenters. The molecule has 0 saturated heterocycles. The fourth-order valence-corrected chi connectivity index (χ4v) is 6.00. The van der Waals surface area contributed by atoms with Crippen LogP contribution in [-0.2, 0) is 0 Å². The van der Waals surface area contributed by atoms with Gasteiger partial charge in [0.15, 0.2) is 0 Å². The van der Waals surface area contributed by atoms with Crippen LogP contribution in [-0.4, -0.2) is 22.4 Å². The molecule has 4 aliphatic rings. The van der Waals surface area contributed by atoms with Crippen molar-refractivity contribution in [2.45, 2.75) is 57.2 Å². The van der Waals surface area contributed by atoms with Gasteiger partial charge in [-0.05, 0) is 80.5 Å². The number of hydrogen-bond donors (Lipinski definition) is 2. The molecule has 4 aliphatic carbocycles. The Balaban J connectivity index is 1.59. The van der Waals surface area contributed by atoms with Gasteiger partial charge in [0, 0.05) is 0 Å². The van der Waals surface area contributed by atoms with Crippen LogP contribution in [0.2, 0.25) is 0 Å². The van der Waals surface area contributed by atoms with E-state index in [0.717, 1.165) is 37.5 Å². The predicted molar refractivity (Wildman–Crippen MR) is 74.4 cm³/mol. The topological polar surface area (TPSA) is 40.5 Å². The number of fused-ring (bicyclic) bond motifs is 5. The number of hydrogen-bond acceptors (Lipinski definition) is 2. The predicted octanol–water partition coefficient (Wildman–Crippen LogP) is 2.75. The first-order chi connectivity index (χ1) is 9.24. The third kappa shape index (κ3) is 1.91. The van der Waals surface area contributed by atoms with Crippen molar-refractivity contribution in [3.8, 4) is 0 Å². The minimum absolute atomic E-state index is 0.0700. The molecule has 0 spiro atoms. The van der Waals surface area contributed by atoms with E-state index in [4.69, 9.17) is 0 Å². The third-order valence-electron chi connectivity index (χ3n) is 6.72. The molecule has 2 nitrogen and oxygen atoms in total. The van der Waals surface area contributed by atoms with E-state index in [1.165, 1.54) is 19.3 Å². The molecule has 3 saturated carbocycles. The van der Waals surface area contributed by atoms with Gasteiger partial charge < -0.3 is 10.2 Å². The average molecular weight is 262 g/mol. The summed E-state index contributed by atoms with van der Waals surface area (Å²) >= 11 is 0. The second-order valence-electron chi connectivity index (χ2n) is 7.50. The van der Waals surface area contributed by atoms with Crippen molar-refractivity contribution in [1.82, 2.24) is 0 Å². The van der Waals surface area contributed by atoms with Crippen LogP contribution in [0.1, 0.15) is 44.9 Å². The summed E-state index contributed by atoms with van der Waals surface area (Å²) in [7, 11) is 0. The van der Waals surface area contributed by atoms with Crippen LogP contribution in [0.5, 0.6) is 0 Å². The molecule has 0 aromatic rings. The van der Waals surface area contributed by atoms with E-state index in [9.17, 15) is 10.2 Å². The van der Waals surface area contributed by atoms with Crippen LogP contribution < -0.4 is 0 Å². The van der Waals surface area contributed by atoms with Crippen LogP contribution in [0.15, 0.2) is 12.2 Å². The summed E-state index contributed by atoms with van der Waals surface area (Å²) < 4.78 is 0. The number of allylic oxidation sites excluding steroid dienone is 2. The molecule has 0 aromatic carbocycles. The molecular weight excluding hydrogens is 236 g/mol. The third-order valence-corrected chi connectivity index (χ3v) is 6.72. The van der Waals surface area contributed by atoms with E-state index in [1.54, 1.807) is 0 Å². The molecule has 2 heteroatoms. The summed E-state index contributed by atoms with van der Waals surface area (Å²) in [4.78, 5) is 0. The van der Waals surface area contributed by atoms with Crippen LogP contribution in [0.3, 0.4) is 0 Å². The molecule has 0 heterocycles. The highest BCUT2D eigenvalue weighted by Gasteiger charge is 2.51. The smallest absolute Gasteiger partial charge is 0.0579 e. The quantitative estimate of drug-likeness (QED) is 0.659. The monoisotopic (exact) mass is 262 g/mol. The summed E-state index contributed by atoms with van der Waals surface area (Å²) in [5.41, 5.74) is 0. The zero-order valence-electron chi connectivity index (χ0n) is 11.6. The highest BCUT2D eigenvalue weighted by Crippen LogP contribution is 2.56. The molecule has 0 aliphatic heterocycles. The molecule has 0 aromatic heterocycles. The van der Waals surface area contributed by atoms with Crippen molar-refractivity contribution >= 4 is 0 Å². The lowest BCUT2D eigenvalue weighted by molar-refractivity contribution is -0.105. The standard InChI is InChI=1S/C17H26O2/c18-12-5-7-14-11(8-12)4-6-15-13-3-1-2-10(13)9-16(19)17(14)15/h1-2,10-19H,3-9H2. The zero-order valence-corrected chi connectivity index (χ0v) is 11.6. The van der Waals surface area contributed by atoms with Crippen molar-refractivity contribution in [2.24, 2.45) is 35.5 Å². The van der Waals surface area contributed by atoms with E-state index in [2.05, 4.69) is 12.2 Å². The van der Waals surface area contributed by atoms with E-state index in [-0.39, 0.29) is 12.2 Å². The molecule has 106 valence electrons. The summed E-state index contributed by atoms with van der Waals surface area (Å²) in [6.07, 6.45) is 12.5. The van der Waals surface area contributed by atoms with Gasteiger partial charge in [-0.3, -0.25) is 0 Å². The van der Waals surface area contributed by atoms with Crippen LogP contribution >= 0.6 is 0 Å². The SMILES string of the molecule is OC1CCC2C(CCC3C4CC=CC4CC(O)C23)C1. The Morgan fingerprint density at radius 1 is 0.842 bits per heavy atom. The second-order valence-corrected chi connectivity index (χ2v) is 7.50. The van der Waals surface area contributed by atoms with Gasteiger partial charge in [0.1, 0.15) is 0 Å². The molecule has 2 N–H and O–H groups in total. The lowest BCUT2D eigenvalue weighted by Crippen LogP contribution is -2.51. The van der Waals surface area contributed by atoms with Gasteiger partial charge in [0.2, 0.25) is 0 Å². The summed E-state index contributed by atoms with van der Waals surface area (Å²) in [5, 5.41) is 20.5.